The van der Waals surface area contributed by atoms with E-state index >= 15 is 0 Å². The quantitative estimate of drug-likeness (QED) is 0.764. The molecule has 0 radical (unpaired) electrons. The van der Waals surface area contributed by atoms with E-state index in [1.807, 2.05) is 0 Å². The maximum atomic E-state index is 12.7. The van der Waals surface area contributed by atoms with Crippen molar-refractivity contribution in [1.29, 1.82) is 0 Å². The van der Waals surface area contributed by atoms with Crippen LogP contribution in [0.3, 0.4) is 0 Å². The van der Waals surface area contributed by atoms with Crippen LogP contribution >= 0.6 is 0 Å². The van der Waals surface area contributed by atoms with Gasteiger partial charge in [0.05, 0.1) is 16.8 Å². The summed E-state index contributed by atoms with van der Waals surface area (Å²) in [6.45, 7) is 2.93. The van der Waals surface area contributed by atoms with Gasteiger partial charge in [-0.25, -0.2) is 8.42 Å². The van der Waals surface area contributed by atoms with Crippen LogP contribution in [0.4, 0.5) is 18.9 Å². The first-order chi connectivity index (χ1) is 13.3. The topological polar surface area (TPSA) is 92.3 Å². The van der Waals surface area contributed by atoms with Crippen LogP contribution in [-0.4, -0.2) is 31.9 Å². The highest BCUT2D eigenvalue weighted by Gasteiger charge is 2.30. The smallest absolute Gasteiger partial charge is 0.336 e. The highest BCUT2D eigenvalue weighted by Crippen LogP contribution is 2.29. The summed E-state index contributed by atoms with van der Waals surface area (Å²) in [5.41, 5.74) is -0.238. The minimum Gasteiger partial charge on any atom is -0.336 e. The number of para-hydroxylation sites is 1. The number of sulfone groups is 1. The molecule has 0 aliphatic rings. The maximum absolute atomic E-state index is 12.7. The number of alkyl halides is 3. The van der Waals surface area contributed by atoms with E-state index in [9.17, 15) is 31.2 Å². The number of hydrogen-bond acceptors (Lipinski definition) is 4. The molecule has 1 unspecified atom stereocenters. The van der Waals surface area contributed by atoms with Crippen LogP contribution in [0.5, 0.6) is 0 Å². The molecule has 2 rings (SSSR count). The Labute approximate surface area is 166 Å². The van der Waals surface area contributed by atoms with E-state index < -0.39 is 38.8 Å². The SMILES string of the molecule is Cc1cccc(C(=O)NC(C)S(C)(=O)=O)c1NC(=O)c1ccc(C(F)(F)F)cc1. The molecule has 6 nitrogen and oxygen atoms in total. The van der Waals surface area contributed by atoms with E-state index in [1.165, 1.54) is 13.0 Å². The fourth-order valence-electron chi connectivity index (χ4n) is 2.39. The highest BCUT2D eigenvalue weighted by molar-refractivity contribution is 7.91. The van der Waals surface area contributed by atoms with Gasteiger partial charge < -0.3 is 10.6 Å². The lowest BCUT2D eigenvalue weighted by Crippen LogP contribution is -2.38. The van der Waals surface area contributed by atoms with Crippen molar-refractivity contribution >= 4 is 27.3 Å². The zero-order valence-corrected chi connectivity index (χ0v) is 16.6. The summed E-state index contributed by atoms with van der Waals surface area (Å²) in [6.07, 6.45) is -3.55. The fourth-order valence-corrected chi connectivity index (χ4v) is 2.71. The van der Waals surface area contributed by atoms with Crippen LogP contribution in [0.15, 0.2) is 42.5 Å². The van der Waals surface area contributed by atoms with Gasteiger partial charge in [0.2, 0.25) is 0 Å². The van der Waals surface area contributed by atoms with Gasteiger partial charge in [-0.2, -0.15) is 13.2 Å². The monoisotopic (exact) mass is 428 g/mol. The van der Waals surface area contributed by atoms with Gasteiger partial charge >= 0.3 is 6.18 Å². The second-order valence-electron chi connectivity index (χ2n) is 6.47. The minimum atomic E-state index is -4.52. The minimum absolute atomic E-state index is 0.0285. The Morgan fingerprint density at radius 3 is 2.10 bits per heavy atom. The molecule has 2 aromatic rings. The lowest BCUT2D eigenvalue weighted by Gasteiger charge is -2.16. The van der Waals surface area contributed by atoms with Crippen LogP contribution in [0.25, 0.3) is 0 Å². The first-order valence-electron chi connectivity index (χ1n) is 8.38. The largest absolute Gasteiger partial charge is 0.416 e. The van der Waals surface area contributed by atoms with Gasteiger partial charge in [0.25, 0.3) is 11.8 Å². The molecule has 0 saturated carbocycles. The normalized spacial score (nSPS) is 12.9. The van der Waals surface area contributed by atoms with E-state index in [4.69, 9.17) is 0 Å². The maximum Gasteiger partial charge on any atom is 0.416 e. The molecule has 0 aromatic heterocycles. The molecule has 0 spiro atoms. The van der Waals surface area contributed by atoms with E-state index in [2.05, 4.69) is 10.6 Å². The van der Waals surface area contributed by atoms with Crippen LogP contribution in [0.2, 0.25) is 0 Å². The molecule has 1 atom stereocenters. The first-order valence-corrected chi connectivity index (χ1v) is 10.3. The highest BCUT2D eigenvalue weighted by atomic mass is 32.2. The number of nitrogens with one attached hydrogen (secondary N) is 2. The summed E-state index contributed by atoms with van der Waals surface area (Å²) in [6, 6.07) is 8.22. The van der Waals surface area contributed by atoms with Crippen molar-refractivity contribution < 1.29 is 31.2 Å². The van der Waals surface area contributed by atoms with Gasteiger partial charge in [-0.3, -0.25) is 9.59 Å². The van der Waals surface area contributed by atoms with E-state index in [-0.39, 0.29) is 16.8 Å². The standard InChI is InChI=1S/C19H19F3N2O4S/c1-11-5-4-6-15(18(26)23-12(2)29(3,27)28)16(11)24-17(25)13-7-9-14(10-8-13)19(20,21)22/h4-10,12H,1-3H3,(H,23,26)(H,24,25). The van der Waals surface area contributed by atoms with Gasteiger partial charge in [0.1, 0.15) is 5.37 Å². The number of anilines is 1. The van der Waals surface area contributed by atoms with Crippen molar-refractivity contribution in [2.24, 2.45) is 0 Å². The van der Waals surface area contributed by atoms with Crippen LogP contribution in [0.1, 0.15) is 38.8 Å². The molecule has 10 heteroatoms. The Bertz CT molecular complexity index is 1030. The van der Waals surface area contributed by atoms with Crippen molar-refractivity contribution in [3.05, 3.63) is 64.7 Å². The molecule has 0 aliphatic heterocycles. The number of benzene rings is 2. The van der Waals surface area contributed by atoms with Gasteiger partial charge in [-0.05, 0) is 49.7 Å². The number of hydrogen-bond donors (Lipinski definition) is 2. The van der Waals surface area contributed by atoms with E-state index in [1.54, 1.807) is 19.1 Å². The lowest BCUT2D eigenvalue weighted by atomic mass is 10.1. The summed E-state index contributed by atoms with van der Waals surface area (Å²) in [4.78, 5) is 25.0. The van der Waals surface area contributed by atoms with Gasteiger partial charge in [-0.1, -0.05) is 12.1 Å². The molecule has 2 aromatic carbocycles. The van der Waals surface area contributed by atoms with Crippen molar-refractivity contribution in [2.45, 2.75) is 25.4 Å². The Morgan fingerprint density at radius 1 is 1.00 bits per heavy atom. The number of halogens is 3. The summed E-state index contributed by atoms with van der Waals surface area (Å²) in [5, 5.41) is 3.71. The number of aryl methyl sites for hydroxylation is 1. The molecular formula is C19H19F3N2O4S. The van der Waals surface area contributed by atoms with Gasteiger partial charge in [0, 0.05) is 11.8 Å². The second kappa shape index (κ2) is 8.24. The second-order valence-corrected chi connectivity index (χ2v) is 8.84. The molecule has 0 fully saturated rings. The molecule has 0 heterocycles. The molecular weight excluding hydrogens is 409 g/mol. The van der Waals surface area contributed by atoms with Crippen LogP contribution in [-0.2, 0) is 16.0 Å². The molecule has 2 N–H and O–H groups in total. The lowest BCUT2D eigenvalue weighted by molar-refractivity contribution is -0.137. The zero-order valence-electron chi connectivity index (χ0n) is 15.8. The van der Waals surface area contributed by atoms with Crippen molar-refractivity contribution in [3.63, 3.8) is 0 Å². The third-order valence-corrected chi connectivity index (χ3v) is 5.61. The third-order valence-electron chi connectivity index (χ3n) is 4.21. The molecule has 2 amide bonds. The molecule has 0 bridgehead atoms. The Hall–Kier alpha value is -2.88. The first kappa shape index (κ1) is 22.4. The number of carbonyl (C=O) groups is 2. The number of rotatable bonds is 5. The van der Waals surface area contributed by atoms with Crippen molar-refractivity contribution in [3.8, 4) is 0 Å². The summed E-state index contributed by atoms with van der Waals surface area (Å²) in [7, 11) is -3.52. The molecule has 29 heavy (non-hydrogen) atoms. The average molecular weight is 428 g/mol. The van der Waals surface area contributed by atoms with Gasteiger partial charge in [-0.15, -0.1) is 0 Å². The summed E-state index contributed by atoms with van der Waals surface area (Å²) in [5.74, 6) is -1.42. The van der Waals surface area contributed by atoms with Crippen LogP contribution < -0.4 is 10.6 Å². The Morgan fingerprint density at radius 2 is 1.59 bits per heavy atom. The zero-order chi connectivity index (χ0) is 22.0. The van der Waals surface area contributed by atoms with Crippen molar-refractivity contribution in [1.82, 2.24) is 5.32 Å². The van der Waals surface area contributed by atoms with E-state index in [0.29, 0.717) is 5.56 Å². The molecule has 156 valence electrons. The summed E-state index contributed by atoms with van der Waals surface area (Å²) < 4.78 is 61.1. The number of carbonyl (C=O) groups excluding carboxylic acids is 2. The van der Waals surface area contributed by atoms with Crippen molar-refractivity contribution in [2.75, 3.05) is 11.6 Å². The van der Waals surface area contributed by atoms with Crippen LogP contribution in [0, 0.1) is 6.92 Å². The predicted octanol–water partition coefficient (Wildman–Crippen LogP) is 3.39. The summed E-state index contributed by atoms with van der Waals surface area (Å²) >= 11 is 0. The number of amides is 2. The third kappa shape index (κ3) is 5.57. The van der Waals surface area contributed by atoms with E-state index in [0.717, 1.165) is 30.5 Å². The Kier molecular flexibility index (Phi) is 6.37. The Balaban J connectivity index is 2.29. The molecule has 0 saturated heterocycles. The fraction of sp³-hybridized carbons (Fsp3) is 0.263. The molecule has 0 aliphatic carbocycles. The van der Waals surface area contributed by atoms with Gasteiger partial charge in [0.15, 0.2) is 9.84 Å². The predicted molar refractivity (Wildman–Crippen MR) is 102 cm³/mol. The average Bonchev–Trinajstić information content (AvgIpc) is 2.61.